The second-order valence-electron chi connectivity index (χ2n) is 6.08. The smallest absolute Gasteiger partial charge is 0.236 e. The standard InChI is InChI=1S/C16H26N2O2/c1-13-7-6-8-14(11-13)20-10-9-18(5)15(19)12-17-16(2,3)4/h6-8,11,17H,9-10,12H2,1-5H3. The van der Waals surface area contributed by atoms with Gasteiger partial charge in [-0.1, -0.05) is 12.1 Å². The maximum Gasteiger partial charge on any atom is 0.236 e. The summed E-state index contributed by atoms with van der Waals surface area (Å²) < 4.78 is 5.64. The van der Waals surface area contributed by atoms with Gasteiger partial charge in [0.25, 0.3) is 0 Å². The van der Waals surface area contributed by atoms with Gasteiger partial charge in [0.1, 0.15) is 12.4 Å². The summed E-state index contributed by atoms with van der Waals surface area (Å²) in [5.41, 5.74) is 1.12. The van der Waals surface area contributed by atoms with Gasteiger partial charge in [-0.15, -0.1) is 0 Å². The van der Waals surface area contributed by atoms with E-state index < -0.39 is 0 Å². The predicted molar refractivity (Wildman–Crippen MR) is 82.1 cm³/mol. The van der Waals surface area contributed by atoms with E-state index in [9.17, 15) is 4.79 Å². The molecule has 112 valence electrons. The van der Waals surface area contributed by atoms with Crippen LogP contribution in [0.15, 0.2) is 24.3 Å². The van der Waals surface area contributed by atoms with Crippen molar-refractivity contribution in [3.05, 3.63) is 29.8 Å². The van der Waals surface area contributed by atoms with Crippen molar-refractivity contribution in [2.75, 3.05) is 26.7 Å². The lowest BCUT2D eigenvalue weighted by atomic mass is 10.1. The number of rotatable bonds is 6. The van der Waals surface area contributed by atoms with Gasteiger partial charge in [0.05, 0.1) is 13.1 Å². The van der Waals surface area contributed by atoms with Crippen molar-refractivity contribution in [3.63, 3.8) is 0 Å². The number of ether oxygens (including phenoxy) is 1. The first-order chi connectivity index (χ1) is 9.28. The third kappa shape index (κ3) is 6.57. The average Bonchev–Trinajstić information content (AvgIpc) is 2.35. The van der Waals surface area contributed by atoms with Gasteiger partial charge in [-0.25, -0.2) is 0 Å². The van der Waals surface area contributed by atoms with Crippen molar-refractivity contribution in [2.45, 2.75) is 33.2 Å². The molecule has 0 atom stereocenters. The second-order valence-corrected chi connectivity index (χ2v) is 6.08. The zero-order valence-electron chi connectivity index (χ0n) is 13.2. The molecular weight excluding hydrogens is 252 g/mol. The number of amides is 1. The Balaban J connectivity index is 2.29. The molecule has 1 N–H and O–H groups in total. The Hall–Kier alpha value is -1.55. The number of nitrogens with zero attached hydrogens (tertiary/aromatic N) is 1. The normalized spacial score (nSPS) is 11.2. The summed E-state index contributed by atoms with van der Waals surface area (Å²) in [5.74, 6) is 0.923. The molecule has 20 heavy (non-hydrogen) atoms. The molecule has 4 heteroatoms. The molecule has 1 aromatic rings. The second kappa shape index (κ2) is 7.29. The molecule has 0 fully saturated rings. The van der Waals surface area contributed by atoms with Crippen LogP contribution in [0, 0.1) is 6.92 Å². The maximum absolute atomic E-state index is 11.9. The molecule has 0 radical (unpaired) electrons. The van der Waals surface area contributed by atoms with Crippen molar-refractivity contribution in [1.82, 2.24) is 10.2 Å². The van der Waals surface area contributed by atoms with Gasteiger partial charge in [0.15, 0.2) is 0 Å². The van der Waals surface area contributed by atoms with Crippen LogP contribution >= 0.6 is 0 Å². The molecule has 1 rings (SSSR count). The van der Waals surface area contributed by atoms with E-state index in [1.807, 2.05) is 52.0 Å². The monoisotopic (exact) mass is 278 g/mol. The molecule has 0 heterocycles. The highest BCUT2D eigenvalue weighted by Gasteiger charge is 2.14. The molecule has 0 saturated carbocycles. The molecule has 0 bridgehead atoms. The summed E-state index contributed by atoms with van der Waals surface area (Å²) in [5, 5.41) is 3.19. The van der Waals surface area contributed by atoms with Gasteiger partial charge in [0.2, 0.25) is 5.91 Å². The van der Waals surface area contributed by atoms with E-state index in [2.05, 4.69) is 5.32 Å². The summed E-state index contributed by atoms with van der Waals surface area (Å²) in [6, 6.07) is 7.91. The minimum Gasteiger partial charge on any atom is -0.492 e. The number of hydrogen-bond donors (Lipinski definition) is 1. The molecule has 0 spiro atoms. The largest absolute Gasteiger partial charge is 0.492 e. The van der Waals surface area contributed by atoms with Crippen LogP contribution in [0.25, 0.3) is 0 Å². The summed E-state index contributed by atoms with van der Waals surface area (Å²) >= 11 is 0. The summed E-state index contributed by atoms with van der Waals surface area (Å²) in [4.78, 5) is 13.6. The molecule has 1 aromatic carbocycles. The fourth-order valence-corrected chi connectivity index (χ4v) is 1.61. The van der Waals surface area contributed by atoms with E-state index in [-0.39, 0.29) is 11.4 Å². The Bertz CT molecular complexity index is 438. The van der Waals surface area contributed by atoms with E-state index in [1.165, 1.54) is 5.56 Å². The van der Waals surface area contributed by atoms with Crippen LogP contribution in [0.4, 0.5) is 0 Å². The van der Waals surface area contributed by atoms with Crippen LogP contribution in [0.5, 0.6) is 5.75 Å². The summed E-state index contributed by atoms with van der Waals surface area (Å²) in [6.45, 7) is 9.59. The van der Waals surface area contributed by atoms with Gasteiger partial charge >= 0.3 is 0 Å². The molecular formula is C16H26N2O2. The third-order valence-corrected chi connectivity index (χ3v) is 2.88. The lowest BCUT2D eigenvalue weighted by molar-refractivity contribution is -0.129. The number of likely N-dealkylation sites (N-methyl/N-ethyl adjacent to an activating group) is 1. The number of benzene rings is 1. The molecule has 0 aromatic heterocycles. The van der Waals surface area contributed by atoms with Crippen molar-refractivity contribution in [2.24, 2.45) is 0 Å². The molecule has 4 nitrogen and oxygen atoms in total. The minimum atomic E-state index is -0.0471. The Morgan fingerprint density at radius 1 is 1.35 bits per heavy atom. The molecule has 0 unspecified atom stereocenters. The zero-order chi connectivity index (χ0) is 15.2. The topological polar surface area (TPSA) is 41.6 Å². The van der Waals surface area contributed by atoms with Crippen LogP contribution in [0.3, 0.4) is 0 Å². The molecule has 0 saturated heterocycles. The fraction of sp³-hybridized carbons (Fsp3) is 0.562. The zero-order valence-corrected chi connectivity index (χ0v) is 13.2. The van der Waals surface area contributed by atoms with E-state index in [0.717, 1.165) is 5.75 Å². The van der Waals surface area contributed by atoms with Crippen LogP contribution in [0.1, 0.15) is 26.3 Å². The third-order valence-electron chi connectivity index (χ3n) is 2.88. The number of hydrogen-bond acceptors (Lipinski definition) is 3. The first-order valence-electron chi connectivity index (χ1n) is 6.96. The average molecular weight is 278 g/mol. The van der Waals surface area contributed by atoms with Gasteiger partial charge in [-0.2, -0.15) is 0 Å². The predicted octanol–water partition coefficient (Wildman–Crippen LogP) is 2.22. The van der Waals surface area contributed by atoms with E-state index in [4.69, 9.17) is 4.74 Å². The first-order valence-corrected chi connectivity index (χ1v) is 6.96. The summed E-state index contributed by atoms with van der Waals surface area (Å²) in [7, 11) is 1.80. The van der Waals surface area contributed by atoms with E-state index >= 15 is 0 Å². The Kier molecular flexibility index (Phi) is 6.02. The SMILES string of the molecule is Cc1cccc(OCCN(C)C(=O)CNC(C)(C)C)c1. The van der Waals surface area contributed by atoms with Gasteiger partial charge in [-0.05, 0) is 45.4 Å². The van der Waals surface area contributed by atoms with E-state index in [1.54, 1.807) is 11.9 Å². The fourth-order valence-electron chi connectivity index (χ4n) is 1.61. The van der Waals surface area contributed by atoms with Gasteiger partial charge < -0.3 is 15.0 Å². The maximum atomic E-state index is 11.9. The van der Waals surface area contributed by atoms with Gasteiger partial charge in [0, 0.05) is 12.6 Å². The highest BCUT2D eigenvalue weighted by molar-refractivity contribution is 5.78. The minimum absolute atomic E-state index is 0.0471. The number of carbonyl (C=O) groups is 1. The van der Waals surface area contributed by atoms with Crippen molar-refractivity contribution >= 4 is 5.91 Å². The van der Waals surface area contributed by atoms with Gasteiger partial charge in [-0.3, -0.25) is 4.79 Å². The number of nitrogens with one attached hydrogen (secondary N) is 1. The van der Waals surface area contributed by atoms with Crippen molar-refractivity contribution < 1.29 is 9.53 Å². The first kappa shape index (κ1) is 16.5. The molecule has 0 aliphatic heterocycles. The molecule has 1 amide bonds. The van der Waals surface area contributed by atoms with Crippen molar-refractivity contribution in [3.8, 4) is 5.75 Å². The quantitative estimate of drug-likeness (QED) is 0.867. The van der Waals surface area contributed by atoms with Crippen LogP contribution in [0.2, 0.25) is 0 Å². The lowest BCUT2D eigenvalue weighted by Crippen LogP contribution is -2.44. The number of carbonyl (C=O) groups excluding carboxylic acids is 1. The highest BCUT2D eigenvalue weighted by atomic mass is 16.5. The van der Waals surface area contributed by atoms with Crippen LogP contribution in [-0.4, -0.2) is 43.1 Å². The molecule has 0 aliphatic carbocycles. The highest BCUT2D eigenvalue weighted by Crippen LogP contribution is 2.12. The Labute approximate surface area is 122 Å². The van der Waals surface area contributed by atoms with Crippen LogP contribution < -0.4 is 10.1 Å². The Morgan fingerprint density at radius 2 is 2.05 bits per heavy atom. The van der Waals surface area contributed by atoms with Crippen LogP contribution in [-0.2, 0) is 4.79 Å². The molecule has 0 aliphatic rings. The Morgan fingerprint density at radius 3 is 2.65 bits per heavy atom. The lowest BCUT2D eigenvalue weighted by Gasteiger charge is -2.23. The number of aryl methyl sites for hydroxylation is 1. The van der Waals surface area contributed by atoms with Crippen molar-refractivity contribution in [1.29, 1.82) is 0 Å². The summed E-state index contributed by atoms with van der Waals surface area (Å²) in [6.07, 6.45) is 0. The van der Waals surface area contributed by atoms with E-state index in [0.29, 0.717) is 19.7 Å².